The Morgan fingerprint density at radius 3 is 2.57 bits per heavy atom. The van der Waals surface area contributed by atoms with Crippen molar-refractivity contribution < 1.29 is 17.6 Å². The molecule has 0 aliphatic heterocycles. The summed E-state index contributed by atoms with van der Waals surface area (Å²) in [5.74, 6) is -1.22. The van der Waals surface area contributed by atoms with Crippen LogP contribution in [0, 0.1) is 11.2 Å². The first-order valence-corrected chi connectivity index (χ1v) is 4.52. The van der Waals surface area contributed by atoms with E-state index in [0.717, 1.165) is 17.4 Å². The van der Waals surface area contributed by atoms with Crippen LogP contribution in [0.15, 0.2) is 17.5 Å². The minimum Gasteiger partial charge on any atom is -0.206 e. The van der Waals surface area contributed by atoms with E-state index in [2.05, 4.69) is 5.38 Å². The molecule has 0 bridgehead atoms. The van der Waals surface area contributed by atoms with Gasteiger partial charge in [0.2, 0.25) is 0 Å². The Morgan fingerprint density at radius 2 is 1.93 bits per heavy atom. The lowest BCUT2D eigenvalue weighted by molar-refractivity contribution is -0.139. The van der Waals surface area contributed by atoms with Crippen LogP contribution >= 0.6 is 11.3 Å². The van der Waals surface area contributed by atoms with Crippen LogP contribution in [0.5, 0.6) is 0 Å². The van der Waals surface area contributed by atoms with E-state index in [-0.39, 0.29) is 5.39 Å². The largest absolute Gasteiger partial charge is 0.419 e. The molecular formula is C9H3F4S. The van der Waals surface area contributed by atoms with E-state index in [1.807, 2.05) is 0 Å². The molecule has 2 aromatic rings. The van der Waals surface area contributed by atoms with Crippen molar-refractivity contribution in [3.63, 3.8) is 0 Å². The summed E-state index contributed by atoms with van der Waals surface area (Å²) in [5, 5.41) is 4.34. The molecule has 5 heteroatoms. The van der Waals surface area contributed by atoms with Gasteiger partial charge in [0.25, 0.3) is 0 Å². The van der Waals surface area contributed by atoms with Crippen molar-refractivity contribution in [2.24, 2.45) is 0 Å². The topological polar surface area (TPSA) is 0 Å². The Hall–Kier alpha value is -1.10. The Morgan fingerprint density at radius 1 is 1.21 bits per heavy atom. The smallest absolute Gasteiger partial charge is 0.206 e. The molecule has 2 rings (SSSR count). The average molecular weight is 219 g/mol. The number of halogens is 4. The van der Waals surface area contributed by atoms with E-state index in [9.17, 15) is 17.6 Å². The fourth-order valence-electron chi connectivity index (χ4n) is 1.17. The summed E-state index contributed by atoms with van der Waals surface area (Å²) in [7, 11) is 0. The standard InChI is InChI=1S/C9H3F4S/c10-8-6-4-14-3-5(6)1-2-7(8)9(11,12)13/h1-2,4H. The molecule has 0 fully saturated rings. The van der Waals surface area contributed by atoms with Crippen LogP contribution in [0.3, 0.4) is 0 Å². The lowest BCUT2D eigenvalue weighted by Crippen LogP contribution is -2.07. The van der Waals surface area contributed by atoms with Crippen LogP contribution in [0.4, 0.5) is 17.6 Å². The van der Waals surface area contributed by atoms with E-state index in [0.29, 0.717) is 5.39 Å². The third-order valence-corrected chi connectivity index (χ3v) is 2.52. The molecule has 0 saturated carbocycles. The lowest BCUT2D eigenvalue weighted by atomic mass is 10.1. The first-order chi connectivity index (χ1) is 6.50. The maximum Gasteiger partial charge on any atom is 0.419 e. The quantitative estimate of drug-likeness (QED) is 0.590. The van der Waals surface area contributed by atoms with Crippen LogP contribution in [-0.2, 0) is 6.18 Å². The molecule has 0 N–H and O–H groups in total. The third kappa shape index (κ3) is 1.37. The third-order valence-electron chi connectivity index (χ3n) is 1.83. The highest BCUT2D eigenvalue weighted by atomic mass is 32.1. The SMILES string of the molecule is Fc1c(C(F)(F)F)ccc2[c]scc12. The van der Waals surface area contributed by atoms with Crippen LogP contribution in [-0.4, -0.2) is 0 Å². The molecular weight excluding hydrogens is 216 g/mol. The number of thiophene rings is 1. The van der Waals surface area contributed by atoms with E-state index < -0.39 is 17.6 Å². The van der Waals surface area contributed by atoms with Gasteiger partial charge in [-0.05, 0) is 6.07 Å². The molecule has 0 aliphatic carbocycles. The highest BCUT2D eigenvalue weighted by Crippen LogP contribution is 2.35. The molecule has 1 heterocycles. The van der Waals surface area contributed by atoms with Gasteiger partial charge < -0.3 is 0 Å². The second-order valence-corrected chi connectivity index (χ2v) is 3.40. The fourth-order valence-corrected chi connectivity index (χ4v) is 1.88. The molecule has 1 aromatic heterocycles. The molecule has 0 unspecified atom stereocenters. The monoisotopic (exact) mass is 219 g/mol. The van der Waals surface area contributed by atoms with Crippen LogP contribution in [0.2, 0.25) is 0 Å². The van der Waals surface area contributed by atoms with Crippen molar-refractivity contribution in [2.75, 3.05) is 0 Å². The van der Waals surface area contributed by atoms with Gasteiger partial charge in [-0.1, -0.05) is 6.07 Å². The molecule has 73 valence electrons. The van der Waals surface area contributed by atoms with Crippen LogP contribution < -0.4 is 0 Å². The first kappa shape index (κ1) is 9.45. The summed E-state index contributed by atoms with van der Waals surface area (Å²) in [6, 6.07) is 1.96. The second-order valence-electron chi connectivity index (χ2n) is 2.72. The van der Waals surface area contributed by atoms with E-state index in [1.54, 1.807) is 0 Å². The molecule has 1 aromatic carbocycles. The molecule has 14 heavy (non-hydrogen) atoms. The number of benzene rings is 1. The van der Waals surface area contributed by atoms with Crippen molar-refractivity contribution >= 4 is 22.1 Å². The molecule has 1 radical (unpaired) electrons. The zero-order valence-corrected chi connectivity index (χ0v) is 7.47. The predicted octanol–water partition coefficient (Wildman–Crippen LogP) is 3.86. The Bertz CT molecular complexity index is 469. The van der Waals surface area contributed by atoms with Gasteiger partial charge in [-0.3, -0.25) is 0 Å². The summed E-state index contributed by atoms with van der Waals surface area (Å²) in [6.07, 6.45) is -4.64. The van der Waals surface area contributed by atoms with Crippen LogP contribution in [0.1, 0.15) is 5.56 Å². The van der Waals surface area contributed by atoms with Gasteiger partial charge in [-0.25, -0.2) is 4.39 Å². The highest BCUT2D eigenvalue weighted by Gasteiger charge is 2.34. The minimum atomic E-state index is -4.64. The van der Waals surface area contributed by atoms with Gasteiger partial charge in [0.05, 0.1) is 10.9 Å². The maximum absolute atomic E-state index is 13.3. The van der Waals surface area contributed by atoms with Crippen LogP contribution in [0.25, 0.3) is 10.8 Å². The zero-order chi connectivity index (χ0) is 10.3. The van der Waals surface area contributed by atoms with Crippen molar-refractivity contribution in [2.45, 2.75) is 6.18 Å². The molecule has 0 nitrogen and oxygen atoms in total. The molecule has 0 atom stereocenters. The summed E-state index contributed by atoms with van der Waals surface area (Å²) >= 11 is 1.05. The van der Waals surface area contributed by atoms with Gasteiger partial charge in [-0.15, -0.1) is 11.3 Å². The Balaban J connectivity index is 2.74. The summed E-state index contributed by atoms with van der Waals surface area (Å²) in [6.45, 7) is 0. The minimum absolute atomic E-state index is 0.0233. The van der Waals surface area contributed by atoms with Crippen molar-refractivity contribution in [3.05, 3.63) is 34.3 Å². The fraction of sp³-hybridized carbons (Fsp3) is 0.111. The molecule has 0 amide bonds. The van der Waals surface area contributed by atoms with Gasteiger partial charge in [0.15, 0.2) is 0 Å². The average Bonchev–Trinajstić information content (AvgIpc) is 2.50. The maximum atomic E-state index is 13.3. The predicted molar refractivity (Wildman–Crippen MR) is 45.6 cm³/mol. The Kier molecular flexibility index (Phi) is 1.99. The Labute approximate surface area is 80.8 Å². The van der Waals surface area contributed by atoms with Crippen molar-refractivity contribution in [1.82, 2.24) is 0 Å². The number of fused-ring (bicyclic) bond motifs is 1. The second kappa shape index (κ2) is 2.95. The number of rotatable bonds is 0. The highest BCUT2D eigenvalue weighted by molar-refractivity contribution is 7.08. The van der Waals surface area contributed by atoms with Crippen molar-refractivity contribution in [1.29, 1.82) is 0 Å². The van der Waals surface area contributed by atoms with E-state index >= 15 is 0 Å². The van der Waals surface area contributed by atoms with Crippen molar-refractivity contribution in [3.8, 4) is 0 Å². The van der Waals surface area contributed by atoms with E-state index in [1.165, 1.54) is 11.4 Å². The number of alkyl halides is 3. The summed E-state index contributed by atoms with van der Waals surface area (Å²) < 4.78 is 50.0. The summed E-state index contributed by atoms with van der Waals surface area (Å²) in [4.78, 5) is 0. The molecule has 0 spiro atoms. The number of hydrogen-bond acceptors (Lipinski definition) is 1. The van der Waals surface area contributed by atoms with Gasteiger partial charge in [0.1, 0.15) is 5.82 Å². The molecule has 0 aliphatic rings. The van der Waals surface area contributed by atoms with E-state index in [4.69, 9.17) is 0 Å². The zero-order valence-electron chi connectivity index (χ0n) is 6.65. The normalized spacial score (nSPS) is 12.3. The molecule has 0 saturated heterocycles. The number of hydrogen-bond donors (Lipinski definition) is 0. The van der Waals surface area contributed by atoms with Gasteiger partial charge >= 0.3 is 6.18 Å². The first-order valence-electron chi connectivity index (χ1n) is 3.65. The summed E-state index contributed by atoms with van der Waals surface area (Å²) in [5.41, 5.74) is -1.23. The van der Waals surface area contributed by atoms with Gasteiger partial charge in [-0.2, -0.15) is 13.2 Å². The lowest BCUT2D eigenvalue weighted by Gasteiger charge is -2.07. The van der Waals surface area contributed by atoms with Gasteiger partial charge in [0, 0.05) is 16.2 Å².